The Morgan fingerprint density at radius 1 is 0.680 bits per heavy atom. The van der Waals surface area contributed by atoms with E-state index >= 15 is 0 Å². The van der Waals surface area contributed by atoms with Crippen molar-refractivity contribution < 1.29 is 23.8 Å². The van der Waals surface area contributed by atoms with E-state index in [2.05, 4.69) is 26.2 Å². The molecule has 25 heavy (non-hydrogen) atoms. The van der Waals surface area contributed by atoms with Gasteiger partial charge in [-0.2, -0.15) is 0 Å². The van der Waals surface area contributed by atoms with Crippen molar-refractivity contribution >= 4 is 16.6 Å². The van der Waals surface area contributed by atoms with Crippen LogP contribution >= 0.6 is 0 Å². The van der Waals surface area contributed by atoms with E-state index in [0.29, 0.717) is 24.0 Å². The van der Waals surface area contributed by atoms with E-state index in [1.165, 1.54) is 0 Å². The standard InChI is InChI=1S/C18H26O5Si2/c1-24(2,13-21-17-11-7-5-9-15(17)19)23-25(3,4)14-22-18-12-8-6-10-16(18)20/h5-12,19-20H,13-14H2,1-4H3. The second-order valence-electron chi connectivity index (χ2n) is 7.13. The fourth-order valence-corrected chi connectivity index (χ4v) is 9.93. The van der Waals surface area contributed by atoms with Gasteiger partial charge in [0.05, 0.1) is 0 Å². The first-order valence-corrected chi connectivity index (χ1v) is 14.4. The summed E-state index contributed by atoms with van der Waals surface area (Å²) in [5.74, 6) is 1.20. The van der Waals surface area contributed by atoms with Gasteiger partial charge >= 0.3 is 0 Å². The molecule has 2 aromatic carbocycles. The molecule has 0 aromatic heterocycles. The molecule has 0 aliphatic rings. The number of hydrogen-bond donors (Lipinski definition) is 2. The number of rotatable bonds is 8. The van der Waals surface area contributed by atoms with Crippen LogP contribution in [0.3, 0.4) is 0 Å². The molecule has 0 unspecified atom stereocenters. The highest BCUT2D eigenvalue weighted by molar-refractivity contribution is 6.84. The number of ether oxygens (including phenoxy) is 2. The van der Waals surface area contributed by atoms with E-state index in [1.807, 2.05) is 12.1 Å². The van der Waals surface area contributed by atoms with Crippen LogP contribution in [0.15, 0.2) is 48.5 Å². The van der Waals surface area contributed by atoms with Crippen molar-refractivity contribution in [2.24, 2.45) is 0 Å². The van der Waals surface area contributed by atoms with Crippen LogP contribution in [0.4, 0.5) is 0 Å². The second kappa shape index (κ2) is 7.94. The van der Waals surface area contributed by atoms with Gasteiger partial charge in [-0.05, 0) is 50.5 Å². The molecule has 2 aromatic rings. The first-order valence-electron chi connectivity index (χ1n) is 8.20. The van der Waals surface area contributed by atoms with E-state index in [9.17, 15) is 10.2 Å². The van der Waals surface area contributed by atoms with Gasteiger partial charge in [-0.25, -0.2) is 0 Å². The zero-order valence-electron chi connectivity index (χ0n) is 15.2. The van der Waals surface area contributed by atoms with Crippen molar-refractivity contribution in [3.63, 3.8) is 0 Å². The molecular weight excluding hydrogens is 352 g/mol. The Hall–Kier alpha value is -1.97. The lowest BCUT2D eigenvalue weighted by Gasteiger charge is -2.33. The fraction of sp³-hybridized carbons (Fsp3) is 0.333. The predicted octanol–water partition coefficient (Wildman–Crippen LogP) is 4.06. The molecule has 0 saturated heterocycles. The number of para-hydroxylation sites is 4. The Morgan fingerprint density at radius 3 is 1.40 bits per heavy atom. The summed E-state index contributed by atoms with van der Waals surface area (Å²) in [5, 5.41) is 19.6. The lowest BCUT2D eigenvalue weighted by atomic mass is 10.3. The van der Waals surface area contributed by atoms with Crippen LogP contribution in [0, 0.1) is 0 Å². The summed E-state index contributed by atoms with van der Waals surface area (Å²) in [4.78, 5) is 0. The Balaban J connectivity index is 1.91. The largest absolute Gasteiger partial charge is 0.504 e. The van der Waals surface area contributed by atoms with Gasteiger partial charge in [0.1, 0.15) is 12.5 Å². The molecule has 0 bridgehead atoms. The van der Waals surface area contributed by atoms with Gasteiger partial charge in [0.25, 0.3) is 0 Å². The van der Waals surface area contributed by atoms with Crippen LogP contribution in [-0.2, 0) is 4.12 Å². The third-order valence-corrected chi connectivity index (χ3v) is 9.53. The maximum Gasteiger partial charge on any atom is 0.213 e. The molecule has 0 aliphatic carbocycles. The van der Waals surface area contributed by atoms with Crippen molar-refractivity contribution in [1.29, 1.82) is 0 Å². The highest BCUT2D eigenvalue weighted by atomic mass is 28.4. The normalized spacial score (nSPS) is 12.0. The van der Waals surface area contributed by atoms with E-state index < -0.39 is 16.6 Å². The van der Waals surface area contributed by atoms with Crippen LogP contribution < -0.4 is 9.47 Å². The van der Waals surface area contributed by atoms with Gasteiger partial charge in [0.15, 0.2) is 23.0 Å². The quantitative estimate of drug-likeness (QED) is 0.678. The van der Waals surface area contributed by atoms with E-state index in [-0.39, 0.29) is 11.5 Å². The molecule has 7 heteroatoms. The molecule has 0 radical (unpaired) electrons. The van der Waals surface area contributed by atoms with Gasteiger partial charge in [0.2, 0.25) is 16.6 Å². The first-order chi connectivity index (χ1) is 11.7. The minimum atomic E-state index is -2.11. The molecule has 2 N–H and O–H groups in total. The lowest BCUT2D eigenvalue weighted by molar-refractivity contribution is 0.312. The molecule has 136 valence electrons. The summed E-state index contributed by atoms with van der Waals surface area (Å²) in [6.07, 6.45) is 0.884. The second-order valence-corrected chi connectivity index (χ2v) is 15.6. The summed E-state index contributed by atoms with van der Waals surface area (Å²) < 4.78 is 17.9. The Labute approximate surface area is 151 Å². The van der Waals surface area contributed by atoms with Gasteiger partial charge in [0, 0.05) is 0 Å². The van der Waals surface area contributed by atoms with E-state index in [4.69, 9.17) is 13.6 Å². The zero-order valence-corrected chi connectivity index (χ0v) is 17.2. The van der Waals surface area contributed by atoms with Gasteiger partial charge < -0.3 is 23.8 Å². The Morgan fingerprint density at radius 2 is 1.04 bits per heavy atom. The predicted molar refractivity (Wildman–Crippen MR) is 103 cm³/mol. The van der Waals surface area contributed by atoms with Gasteiger partial charge in [-0.3, -0.25) is 0 Å². The molecule has 0 spiro atoms. The number of aromatic hydroxyl groups is 2. The van der Waals surface area contributed by atoms with Crippen LogP contribution in [0.1, 0.15) is 0 Å². The number of phenols is 2. The molecule has 0 heterocycles. The average molecular weight is 379 g/mol. The fourth-order valence-electron chi connectivity index (χ4n) is 2.47. The maximum absolute atomic E-state index is 9.79. The average Bonchev–Trinajstić information content (AvgIpc) is 2.52. The summed E-state index contributed by atoms with van der Waals surface area (Å²) in [6.45, 7) is 8.34. The molecule has 0 atom stereocenters. The third kappa shape index (κ3) is 6.11. The smallest absolute Gasteiger partial charge is 0.213 e. The third-order valence-electron chi connectivity index (χ3n) is 3.43. The van der Waals surface area contributed by atoms with Crippen molar-refractivity contribution in [2.45, 2.75) is 26.2 Å². The molecular formula is C18H26O5Si2. The first kappa shape index (κ1) is 19.4. The number of benzene rings is 2. The molecule has 0 amide bonds. The number of phenolic OH excluding ortho intramolecular Hbond substituents is 2. The highest BCUT2D eigenvalue weighted by Crippen LogP contribution is 2.27. The lowest BCUT2D eigenvalue weighted by Crippen LogP contribution is -2.51. The maximum atomic E-state index is 9.79. The minimum Gasteiger partial charge on any atom is -0.504 e. The molecule has 0 fully saturated rings. The summed E-state index contributed by atoms with van der Waals surface area (Å²) in [6, 6.07) is 13.8. The SMILES string of the molecule is C[Si](C)(COc1ccccc1O)O[Si](C)(C)COc1ccccc1O. The summed E-state index contributed by atoms with van der Waals surface area (Å²) >= 11 is 0. The van der Waals surface area contributed by atoms with Crippen LogP contribution in [-0.4, -0.2) is 39.3 Å². The van der Waals surface area contributed by atoms with E-state index in [1.54, 1.807) is 36.4 Å². The van der Waals surface area contributed by atoms with Gasteiger partial charge in [-0.15, -0.1) is 0 Å². The van der Waals surface area contributed by atoms with E-state index in [0.717, 1.165) is 0 Å². The van der Waals surface area contributed by atoms with Crippen molar-refractivity contribution in [3.8, 4) is 23.0 Å². The molecule has 0 aliphatic heterocycles. The summed E-state index contributed by atoms with van der Waals surface area (Å²) in [5.41, 5.74) is 0. The van der Waals surface area contributed by atoms with Crippen LogP contribution in [0.5, 0.6) is 23.0 Å². The van der Waals surface area contributed by atoms with Crippen molar-refractivity contribution in [2.75, 3.05) is 12.5 Å². The highest BCUT2D eigenvalue weighted by Gasteiger charge is 2.35. The Bertz CT molecular complexity index is 644. The van der Waals surface area contributed by atoms with Crippen LogP contribution in [0.2, 0.25) is 26.2 Å². The molecule has 2 rings (SSSR count). The molecule has 5 nitrogen and oxygen atoms in total. The molecule has 0 saturated carbocycles. The number of hydrogen-bond acceptors (Lipinski definition) is 5. The zero-order chi connectivity index (χ0) is 18.5. The minimum absolute atomic E-state index is 0.131. The topological polar surface area (TPSA) is 68.2 Å². The van der Waals surface area contributed by atoms with Crippen LogP contribution in [0.25, 0.3) is 0 Å². The van der Waals surface area contributed by atoms with Crippen molar-refractivity contribution in [3.05, 3.63) is 48.5 Å². The van der Waals surface area contributed by atoms with Crippen molar-refractivity contribution in [1.82, 2.24) is 0 Å². The monoisotopic (exact) mass is 378 g/mol. The van der Waals surface area contributed by atoms with Gasteiger partial charge in [-0.1, -0.05) is 24.3 Å². The summed E-state index contributed by atoms with van der Waals surface area (Å²) in [7, 11) is -4.22. The Kier molecular flexibility index (Phi) is 6.15.